The number of amides is 1. The number of nitro benzene ring substituents is 1. The average molecular weight is 381 g/mol. The normalized spacial score (nSPS) is 10.4. The van der Waals surface area contributed by atoms with Crippen molar-refractivity contribution in [2.24, 2.45) is 0 Å². The summed E-state index contributed by atoms with van der Waals surface area (Å²) >= 11 is 6.08. The Morgan fingerprint density at radius 3 is 2.41 bits per heavy atom. The SMILES string of the molecule is O=C(Nc1cc([N+](=O)[O-])ccc1Cl)c1ccccc1CCc1ccccc1. The number of hydrogen-bond donors (Lipinski definition) is 1. The molecule has 0 radical (unpaired) electrons. The zero-order valence-electron chi connectivity index (χ0n) is 14.4. The molecule has 0 saturated carbocycles. The molecule has 0 aliphatic heterocycles. The van der Waals surface area contributed by atoms with Gasteiger partial charge < -0.3 is 5.32 Å². The van der Waals surface area contributed by atoms with Crippen molar-refractivity contribution in [2.75, 3.05) is 5.32 Å². The number of carbonyl (C=O) groups excluding carboxylic acids is 1. The molecule has 27 heavy (non-hydrogen) atoms. The number of rotatable bonds is 6. The third-order valence-corrected chi connectivity index (χ3v) is 4.53. The lowest BCUT2D eigenvalue weighted by Crippen LogP contribution is -2.15. The molecule has 1 N–H and O–H groups in total. The molecule has 136 valence electrons. The maximum Gasteiger partial charge on any atom is 0.271 e. The predicted octanol–water partition coefficient (Wildman–Crippen LogP) is 5.29. The minimum absolute atomic E-state index is 0.132. The fourth-order valence-corrected chi connectivity index (χ4v) is 2.96. The summed E-state index contributed by atoms with van der Waals surface area (Å²) in [4.78, 5) is 23.2. The van der Waals surface area contributed by atoms with Crippen LogP contribution in [0.4, 0.5) is 11.4 Å². The Bertz CT molecular complexity index is 974. The lowest BCUT2D eigenvalue weighted by Gasteiger charge is -2.11. The van der Waals surface area contributed by atoms with Crippen LogP contribution in [0.15, 0.2) is 72.8 Å². The highest BCUT2D eigenvalue weighted by Crippen LogP contribution is 2.27. The van der Waals surface area contributed by atoms with Gasteiger partial charge in [-0.3, -0.25) is 14.9 Å². The van der Waals surface area contributed by atoms with Crippen LogP contribution in [0.25, 0.3) is 0 Å². The van der Waals surface area contributed by atoms with Crippen molar-refractivity contribution in [1.29, 1.82) is 0 Å². The van der Waals surface area contributed by atoms with Gasteiger partial charge in [-0.05, 0) is 36.1 Å². The van der Waals surface area contributed by atoms with E-state index in [9.17, 15) is 14.9 Å². The summed E-state index contributed by atoms with van der Waals surface area (Å²) in [5, 5.41) is 13.9. The lowest BCUT2D eigenvalue weighted by molar-refractivity contribution is -0.384. The molecule has 0 spiro atoms. The number of anilines is 1. The Morgan fingerprint density at radius 2 is 1.67 bits per heavy atom. The van der Waals surface area contributed by atoms with Gasteiger partial charge >= 0.3 is 0 Å². The summed E-state index contributed by atoms with van der Waals surface area (Å²) in [5.74, 6) is -0.346. The summed E-state index contributed by atoms with van der Waals surface area (Å²) in [7, 11) is 0. The van der Waals surface area contributed by atoms with Gasteiger partial charge in [0.2, 0.25) is 0 Å². The molecule has 0 atom stereocenters. The predicted molar refractivity (Wildman–Crippen MR) is 106 cm³/mol. The number of non-ortho nitro benzene ring substituents is 1. The number of halogens is 1. The number of aryl methyl sites for hydroxylation is 2. The number of nitro groups is 1. The fourth-order valence-electron chi connectivity index (χ4n) is 2.80. The van der Waals surface area contributed by atoms with Crippen molar-refractivity contribution in [3.63, 3.8) is 0 Å². The fraction of sp³-hybridized carbons (Fsp3) is 0.0952. The first kappa shape index (κ1) is 18.6. The highest BCUT2D eigenvalue weighted by molar-refractivity contribution is 6.34. The summed E-state index contributed by atoms with van der Waals surface area (Å²) < 4.78 is 0. The van der Waals surface area contributed by atoms with Crippen LogP contribution in [0.5, 0.6) is 0 Å². The first-order valence-corrected chi connectivity index (χ1v) is 8.79. The van der Waals surface area contributed by atoms with Gasteiger partial charge in [0.25, 0.3) is 11.6 Å². The molecule has 0 aliphatic rings. The second-order valence-corrected chi connectivity index (χ2v) is 6.43. The number of benzene rings is 3. The number of nitrogens with one attached hydrogen (secondary N) is 1. The Hall–Kier alpha value is -3.18. The van der Waals surface area contributed by atoms with Gasteiger partial charge in [-0.2, -0.15) is 0 Å². The van der Waals surface area contributed by atoms with Crippen molar-refractivity contribution < 1.29 is 9.72 Å². The Morgan fingerprint density at radius 1 is 0.963 bits per heavy atom. The van der Waals surface area contributed by atoms with Crippen LogP contribution >= 0.6 is 11.6 Å². The van der Waals surface area contributed by atoms with Gasteiger partial charge in [-0.15, -0.1) is 0 Å². The molecular weight excluding hydrogens is 364 g/mol. The van der Waals surface area contributed by atoms with Gasteiger partial charge in [-0.1, -0.05) is 60.1 Å². The summed E-state index contributed by atoms with van der Waals surface area (Å²) in [6.07, 6.45) is 1.51. The minimum Gasteiger partial charge on any atom is -0.320 e. The van der Waals surface area contributed by atoms with E-state index in [0.29, 0.717) is 12.0 Å². The first-order valence-electron chi connectivity index (χ1n) is 8.42. The zero-order valence-corrected chi connectivity index (χ0v) is 15.1. The molecule has 3 aromatic rings. The molecule has 1 amide bonds. The second kappa shape index (κ2) is 8.47. The quantitative estimate of drug-likeness (QED) is 0.466. The lowest BCUT2D eigenvalue weighted by atomic mass is 9.99. The van der Waals surface area contributed by atoms with Crippen molar-refractivity contribution in [2.45, 2.75) is 12.8 Å². The van der Waals surface area contributed by atoms with Gasteiger partial charge in [0, 0.05) is 17.7 Å². The summed E-state index contributed by atoms with van der Waals surface area (Å²) in [5.41, 5.74) is 2.70. The van der Waals surface area contributed by atoms with Gasteiger partial charge in [-0.25, -0.2) is 0 Å². The Balaban J connectivity index is 1.79. The number of carbonyl (C=O) groups is 1. The van der Waals surface area contributed by atoms with E-state index in [1.807, 2.05) is 42.5 Å². The highest BCUT2D eigenvalue weighted by atomic mass is 35.5. The standard InChI is InChI=1S/C21H17ClN2O3/c22-19-13-12-17(24(26)27)14-20(19)23-21(25)18-9-5-4-8-16(18)11-10-15-6-2-1-3-7-15/h1-9,12-14H,10-11H2,(H,23,25). The van der Waals surface area contributed by atoms with E-state index >= 15 is 0 Å². The van der Waals surface area contributed by atoms with Crippen molar-refractivity contribution in [3.05, 3.63) is 105 Å². The average Bonchev–Trinajstić information content (AvgIpc) is 2.69. The largest absolute Gasteiger partial charge is 0.320 e. The minimum atomic E-state index is -0.528. The molecule has 3 rings (SSSR count). The molecule has 0 aliphatic carbocycles. The van der Waals surface area contributed by atoms with Gasteiger partial charge in [0.05, 0.1) is 15.6 Å². The third kappa shape index (κ3) is 4.71. The van der Waals surface area contributed by atoms with Crippen LogP contribution < -0.4 is 5.32 Å². The van der Waals surface area contributed by atoms with E-state index < -0.39 is 4.92 Å². The molecule has 0 bridgehead atoms. The van der Waals surface area contributed by atoms with Crippen LogP contribution in [0.2, 0.25) is 5.02 Å². The van der Waals surface area contributed by atoms with E-state index in [4.69, 9.17) is 11.6 Å². The van der Waals surface area contributed by atoms with Crippen LogP contribution in [-0.4, -0.2) is 10.8 Å². The maximum absolute atomic E-state index is 12.7. The van der Waals surface area contributed by atoms with Crippen molar-refractivity contribution in [1.82, 2.24) is 0 Å². The third-order valence-electron chi connectivity index (χ3n) is 4.20. The molecule has 0 unspecified atom stereocenters. The molecule has 0 saturated heterocycles. The molecule has 0 aromatic heterocycles. The number of hydrogen-bond acceptors (Lipinski definition) is 3. The molecule has 3 aromatic carbocycles. The summed E-state index contributed by atoms with van der Waals surface area (Å²) in [6.45, 7) is 0. The molecule has 6 heteroatoms. The molecule has 0 fully saturated rings. The van der Waals surface area contributed by atoms with E-state index in [1.54, 1.807) is 12.1 Å². The van der Waals surface area contributed by atoms with E-state index in [1.165, 1.54) is 23.8 Å². The first-order chi connectivity index (χ1) is 13.0. The van der Waals surface area contributed by atoms with E-state index in [0.717, 1.165) is 12.0 Å². The highest BCUT2D eigenvalue weighted by Gasteiger charge is 2.15. The van der Waals surface area contributed by atoms with Crippen LogP contribution in [0.1, 0.15) is 21.5 Å². The van der Waals surface area contributed by atoms with Crippen LogP contribution in [0.3, 0.4) is 0 Å². The number of nitrogens with zero attached hydrogens (tertiary/aromatic N) is 1. The second-order valence-electron chi connectivity index (χ2n) is 6.02. The molecular formula is C21H17ClN2O3. The zero-order chi connectivity index (χ0) is 19.2. The summed E-state index contributed by atoms with van der Waals surface area (Å²) in [6, 6.07) is 21.3. The van der Waals surface area contributed by atoms with E-state index in [-0.39, 0.29) is 22.3 Å². The van der Waals surface area contributed by atoms with Crippen LogP contribution in [0, 0.1) is 10.1 Å². The topological polar surface area (TPSA) is 72.2 Å². The smallest absolute Gasteiger partial charge is 0.271 e. The van der Waals surface area contributed by atoms with E-state index in [2.05, 4.69) is 5.32 Å². The monoisotopic (exact) mass is 380 g/mol. The van der Waals surface area contributed by atoms with Gasteiger partial charge in [0.1, 0.15) is 0 Å². The Kier molecular flexibility index (Phi) is 5.84. The molecule has 0 heterocycles. The van der Waals surface area contributed by atoms with Gasteiger partial charge in [0.15, 0.2) is 0 Å². The Labute approximate surface area is 161 Å². The molecule has 5 nitrogen and oxygen atoms in total. The maximum atomic E-state index is 12.7. The van der Waals surface area contributed by atoms with Crippen LogP contribution in [-0.2, 0) is 12.8 Å². The van der Waals surface area contributed by atoms with Crippen molar-refractivity contribution >= 4 is 28.9 Å². The van der Waals surface area contributed by atoms with Crippen molar-refractivity contribution in [3.8, 4) is 0 Å².